The van der Waals surface area contributed by atoms with E-state index in [4.69, 9.17) is 10.00 Å². The smallest absolute Gasteiger partial charge is 0.412 e. The molecule has 3 aromatic rings. The molecule has 35 heavy (non-hydrogen) atoms. The van der Waals surface area contributed by atoms with E-state index in [2.05, 4.69) is 10.6 Å². The fourth-order valence-electron chi connectivity index (χ4n) is 3.24. The van der Waals surface area contributed by atoms with E-state index in [1.54, 1.807) is 57.2 Å². The van der Waals surface area contributed by atoms with Crippen LogP contribution in [0.1, 0.15) is 43.1 Å². The van der Waals surface area contributed by atoms with Crippen molar-refractivity contribution in [2.75, 3.05) is 10.6 Å². The van der Waals surface area contributed by atoms with Gasteiger partial charge in [0.15, 0.2) is 5.78 Å². The number of ketones is 1. The van der Waals surface area contributed by atoms with Crippen LogP contribution in [0.25, 0.3) is 11.1 Å². The molecule has 0 heterocycles. The van der Waals surface area contributed by atoms with Crippen LogP contribution in [0.5, 0.6) is 0 Å². The van der Waals surface area contributed by atoms with Gasteiger partial charge >= 0.3 is 6.09 Å². The van der Waals surface area contributed by atoms with E-state index in [1.807, 2.05) is 6.07 Å². The fourth-order valence-corrected chi connectivity index (χ4v) is 3.24. The number of carbonyl (C=O) groups excluding carboxylic acids is 3. The predicted octanol–water partition coefficient (Wildman–Crippen LogP) is 5.92. The zero-order valence-electron chi connectivity index (χ0n) is 19.5. The SMILES string of the molecule is CC(C)(C)OC(=O)Nc1ccc(-c2ccccc2F)cc1NC(=O)CC(=O)c1cccc(C#N)c1. The number of benzene rings is 3. The van der Waals surface area contributed by atoms with Gasteiger partial charge in [0, 0.05) is 11.1 Å². The van der Waals surface area contributed by atoms with Gasteiger partial charge in [-0.3, -0.25) is 14.9 Å². The van der Waals surface area contributed by atoms with Crippen LogP contribution in [0.15, 0.2) is 66.7 Å². The lowest BCUT2D eigenvalue weighted by Gasteiger charge is -2.21. The first-order valence-electron chi connectivity index (χ1n) is 10.8. The van der Waals surface area contributed by atoms with Crippen molar-refractivity contribution in [1.29, 1.82) is 5.26 Å². The van der Waals surface area contributed by atoms with E-state index in [1.165, 1.54) is 30.3 Å². The summed E-state index contributed by atoms with van der Waals surface area (Å²) in [4.78, 5) is 37.6. The second kappa shape index (κ2) is 10.6. The molecule has 178 valence electrons. The number of hydrogen-bond acceptors (Lipinski definition) is 5. The zero-order valence-corrected chi connectivity index (χ0v) is 19.5. The molecule has 3 rings (SSSR count). The molecule has 0 atom stereocenters. The number of carbonyl (C=O) groups is 3. The third-order valence-corrected chi connectivity index (χ3v) is 4.75. The fraction of sp³-hybridized carbons (Fsp3) is 0.185. The summed E-state index contributed by atoms with van der Waals surface area (Å²) in [6.45, 7) is 5.14. The first-order chi connectivity index (χ1) is 16.6. The van der Waals surface area contributed by atoms with Crippen LogP contribution in [0.4, 0.5) is 20.6 Å². The van der Waals surface area contributed by atoms with Gasteiger partial charge in [-0.05, 0) is 56.7 Å². The number of anilines is 2. The normalized spacial score (nSPS) is 10.7. The molecule has 0 aromatic heterocycles. The molecule has 0 saturated carbocycles. The Balaban J connectivity index is 1.87. The highest BCUT2D eigenvalue weighted by Gasteiger charge is 2.19. The summed E-state index contributed by atoms with van der Waals surface area (Å²) in [7, 11) is 0. The summed E-state index contributed by atoms with van der Waals surface area (Å²) in [6, 6.07) is 18.7. The second-order valence-corrected chi connectivity index (χ2v) is 8.71. The van der Waals surface area contributed by atoms with Crippen LogP contribution < -0.4 is 10.6 Å². The van der Waals surface area contributed by atoms with Gasteiger partial charge in [-0.15, -0.1) is 0 Å². The minimum absolute atomic E-state index is 0.167. The molecule has 0 aliphatic heterocycles. The minimum atomic E-state index is -0.745. The standard InChI is InChI=1S/C27H24FN3O4/c1-27(2,3)35-26(34)31-22-12-11-18(20-9-4-5-10-21(20)28)14-23(22)30-25(33)15-24(32)19-8-6-7-17(13-19)16-29/h4-14H,15H2,1-3H3,(H,30,33)(H,31,34). The quantitative estimate of drug-likeness (QED) is 0.341. The summed E-state index contributed by atoms with van der Waals surface area (Å²) in [6.07, 6.45) is -1.24. The van der Waals surface area contributed by atoms with Crippen LogP contribution in [0.3, 0.4) is 0 Å². The van der Waals surface area contributed by atoms with Crippen molar-refractivity contribution >= 4 is 29.2 Å². The van der Waals surface area contributed by atoms with Gasteiger partial charge in [-0.1, -0.05) is 36.4 Å². The van der Waals surface area contributed by atoms with Gasteiger partial charge in [0.05, 0.1) is 29.4 Å². The molecule has 0 aliphatic carbocycles. The molecular formula is C27H24FN3O4. The largest absolute Gasteiger partial charge is 0.444 e. The summed E-state index contributed by atoms with van der Waals surface area (Å²) in [5, 5.41) is 14.2. The maximum Gasteiger partial charge on any atom is 0.412 e. The average molecular weight is 474 g/mol. The highest BCUT2D eigenvalue weighted by atomic mass is 19.1. The summed E-state index contributed by atoms with van der Waals surface area (Å²) in [5.41, 5.74) is 0.929. The predicted molar refractivity (Wildman–Crippen MR) is 130 cm³/mol. The number of Topliss-reactive ketones (excluding diaryl/α,β-unsaturated/α-hetero) is 1. The lowest BCUT2D eigenvalue weighted by molar-refractivity contribution is -0.115. The first kappa shape index (κ1) is 25.1. The Hall–Kier alpha value is -4.51. The van der Waals surface area contributed by atoms with Crippen molar-refractivity contribution in [3.05, 3.63) is 83.7 Å². The van der Waals surface area contributed by atoms with Crippen LogP contribution >= 0.6 is 0 Å². The number of hydrogen-bond donors (Lipinski definition) is 2. The minimum Gasteiger partial charge on any atom is -0.444 e. The van der Waals surface area contributed by atoms with E-state index in [9.17, 15) is 18.8 Å². The number of halogens is 1. The maximum atomic E-state index is 14.3. The van der Waals surface area contributed by atoms with Gasteiger partial charge in [0.25, 0.3) is 0 Å². The molecule has 0 bridgehead atoms. The van der Waals surface area contributed by atoms with Crippen molar-refractivity contribution in [3.8, 4) is 17.2 Å². The van der Waals surface area contributed by atoms with Gasteiger partial charge in [-0.2, -0.15) is 5.26 Å². The van der Waals surface area contributed by atoms with E-state index in [0.29, 0.717) is 16.7 Å². The van der Waals surface area contributed by atoms with Gasteiger partial charge in [-0.25, -0.2) is 9.18 Å². The van der Waals surface area contributed by atoms with Crippen molar-refractivity contribution in [1.82, 2.24) is 0 Å². The van der Waals surface area contributed by atoms with E-state index in [-0.39, 0.29) is 16.9 Å². The Kier molecular flexibility index (Phi) is 7.62. The Labute approximate surface area is 202 Å². The lowest BCUT2D eigenvalue weighted by atomic mass is 10.0. The van der Waals surface area contributed by atoms with Gasteiger partial charge in [0.2, 0.25) is 5.91 Å². The van der Waals surface area contributed by atoms with E-state index in [0.717, 1.165) is 0 Å². The molecule has 8 heteroatoms. The maximum absolute atomic E-state index is 14.3. The molecule has 0 aliphatic rings. The van der Waals surface area contributed by atoms with Crippen molar-refractivity contribution in [2.24, 2.45) is 0 Å². The molecule has 0 unspecified atom stereocenters. The topological polar surface area (TPSA) is 108 Å². The van der Waals surface area contributed by atoms with Gasteiger partial charge in [0.1, 0.15) is 11.4 Å². The van der Waals surface area contributed by atoms with Crippen molar-refractivity contribution in [2.45, 2.75) is 32.8 Å². The van der Waals surface area contributed by atoms with Crippen LogP contribution in [-0.4, -0.2) is 23.4 Å². The molecular weight excluding hydrogens is 449 g/mol. The average Bonchev–Trinajstić information content (AvgIpc) is 2.79. The number of amides is 2. The number of nitrogens with zero attached hydrogens (tertiary/aromatic N) is 1. The van der Waals surface area contributed by atoms with Gasteiger partial charge < -0.3 is 10.1 Å². The summed E-state index contributed by atoms with van der Waals surface area (Å²) in [5.74, 6) is -1.58. The molecule has 2 N–H and O–H groups in total. The summed E-state index contributed by atoms with van der Waals surface area (Å²) >= 11 is 0. The van der Waals surface area contributed by atoms with E-state index < -0.39 is 35.6 Å². The monoisotopic (exact) mass is 473 g/mol. The molecule has 0 spiro atoms. The zero-order chi connectivity index (χ0) is 25.6. The number of rotatable bonds is 6. The first-order valence-corrected chi connectivity index (χ1v) is 10.8. The molecule has 2 amide bonds. The van der Waals surface area contributed by atoms with Crippen molar-refractivity contribution < 1.29 is 23.5 Å². The molecule has 3 aromatic carbocycles. The highest BCUT2D eigenvalue weighted by molar-refractivity contribution is 6.12. The Bertz CT molecular complexity index is 1320. The Morgan fingerprint density at radius 1 is 0.943 bits per heavy atom. The van der Waals surface area contributed by atoms with Crippen LogP contribution in [0, 0.1) is 17.1 Å². The number of nitrogens with one attached hydrogen (secondary N) is 2. The Morgan fingerprint density at radius 2 is 1.69 bits per heavy atom. The second-order valence-electron chi connectivity index (χ2n) is 8.71. The van der Waals surface area contributed by atoms with Crippen molar-refractivity contribution in [3.63, 3.8) is 0 Å². The molecule has 0 fully saturated rings. The Morgan fingerprint density at radius 3 is 2.37 bits per heavy atom. The number of nitriles is 1. The van der Waals surface area contributed by atoms with Crippen LogP contribution in [0.2, 0.25) is 0 Å². The third kappa shape index (κ3) is 6.98. The van der Waals surface area contributed by atoms with E-state index >= 15 is 0 Å². The van der Waals surface area contributed by atoms with Crippen LogP contribution in [-0.2, 0) is 9.53 Å². The highest BCUT2D eigenvalue weighted by Crippen LogP contribution is 2.31. The molecule has 7 nitrogen and oxygen atoms in total. The molecule has 0 radical (unpaired) electrons. The summed E-state index contributed by atoms with van der Waals surface area (Å²) < 4.78 is 19.6. The third-order valence-electron chi connectivity index (χ3n) is 4.75. The number of ether oxygens (including phenoxy) is 1. The lowest BCUT2D eigenvalue weighted by Crippen LogP contribution is -2.27. The molecule has 0 saturated heterocycles.